The highest BCUT2D eigenvalue weighted by Crippen LogP contribution is 2.38. The highest BCUT2D eigenvalue weighted by Gasteiger charge is 2.33. The summed E-state index contributed by atoms with van der Waals surface area (Å²) in [5, 5.41) is 0. The molecule has 204 valence electrons. The molecular formula is C31H35FN4O3. The standard InChI is InChI=1S/C31H35FN4O3/c1-20(2)36(23-11-12-27-28(17-23)39-16-15-38-27)30(37)25-18-33-31(34-29(25)24-9-5-6-10-26(24)32)35-14-13-21-7-3-4-8-22(21)19-35/h5-6,9-12,17-18,20-22H,3-4,7-8,13-16,19H2,1-2H3. The SMILES string of the molecule is CC(C)N(C(=O)c1cnc(N2CCC3CCCCC3C2)nc1-c1ccccc1F)c1ccc2c(c1)OCCO2. The lowest BCUT2D eigenvalue weighted by atomic mass is 9.75. The van der Waals surface area contributed by atoms with Gasteiger partial charge < -0.3 is 19.3 Å². The summed E-state index contributed by atoms with van der Waals surface area (Å²) in [4.78, 5) is 27.6. The third kappa shape index (κ3) is 5.04. The maximum absolute atomic E-state index is 15.2. The van der Waals surface area contributed by atoms with Gasteiger partial charge in [0.15, 0.2) is 11.5 Å². The maximum atomic E-state index is 15.2. The first kappa shape index (κ1) is 25.6. The summed E-state index contributed by atoms with van der Waals surface area (Å²) in [6, 6.07) is 11.8. The van der Waals surface area contributed by atoms with Crippen LogP contribution in [0.25, 0.3) is 11.3 Å². The average molecular weight is 531 g/mol. The van der Waals surface area contributed by atoms with Gasteiger partial charge in [0.05, 0.1) is 11.3 Å². The number of nitrogens with zero attached hydrogens (tertiary/aromatic N) is 4. The van der Waals surface area contributed by atoms with E-state index >= 15 is 4.39 Å². The first-order valence-corrected chi connectivity index (χ1v) is 14.1. The Hall–Kier alpha value is -3.68. The fourth-order valence-corrected chi connectivity index (χ4v) is 6.28. The fourth-order valence-electron chi connectivity index (χ4n) is 6.28. The van der Waals surface area contributed by atoms with Crippen molar-refractivity contribution in [2.24, 2.45) is 11.8 Å². The summed E-state index contributed by atoms with van der Waals surface area (Å²) in [5.41, 5.74) is 1.54. The maximum Gasteiger partial charge on any atom is 0.262 e. The van der Waals surface area contributed by atoms with Crippen LogP contribution in [0.2, 0.25) is 0 Å². The van der Waals surface area contributed by atoms with E-state index in [1.807, 2.05) is 32.0 Å². The zero-order valence-corrected chi connectivity index (χ0v) is 22.6. The van der Waals surface area contributed by atoms with Crippen molar-refractivity contribution >= 4 is 17.5 Å². The Bertz CT molecular complexity index is 1360. The van der Waals surface area contributed by atoms with Gasteiger partial charge in [-0.25, -0.2) is 14.4 Å². The fraction of sp³-hybridized carbons (Fsp3) is 0.452. The molecule has 1 saturated heterocycles. The van der Waals surface area contributed by atoms with Gasteiger partial charge in [-0.3, -0.25) is 4.79 Å². The number of hydrogen-bond acceptors (Lipinski definition) is 6. The normalized spacial score (nSPS) is 20.5. The van der Waals surface area contributed by atoms with Crippen molar-refractivity contribution < 1.29 is 18.7 Å². The monoisotopic (exact) mass is 530 g/mol. The van der Waals surface area contributed by atoms with Gasteiger partial charge in [0.2, 0.25) is 5.95 Å². The van der Waals surface area contributed by atoms with Crippen molar-refractivity contribution in [2.75, 3.05) is 36.1 Å². The molecule has 2 atom stereocenters. The van der Waals surface area contributed by atoms with Crippen molar-refractivity contribution in [1.82, 2.24) is 9.97 Å². The number of benzene rings is 2. The van der Waals surface area contributed by atoms with Gasteiger partial charge in [0, 0.05) is 42.6 Å². The van der Waals surface area contributed by atoms with Crippen LogP contribution in [0.1, 0.15) is 56.3 Å². The minimum atomic E-state index is -0.419. The number of piperidine rings is 1. The molecule has 2 fully saturated rings. The van der Waals surface area contributed by atoms with E-state index in [4.69, 9.17) is 14.5 Å². The number of carbonyl (C=O) groups is 1. The second kappa shape index (κ2) is 10.8. The Morgan fingerprint density at radius 1 is 1.03 bits per heavy atom. The number of rotatable bonds is 5. The van der Waals surface area contributed by atoms with Crippen molar-refractivity contribution in [1.29, 1.82) is 0 Å². The average Bonchev–Trinajstić information content (AvgIpc) is 2.96. The van der Waals surface area contributed by atoms with Gasteiger partial charge in [0.25, 0.3) is 5.91 Å². The molecule has 1 aromatic heterocycles. The molecule has 0 radical (unpaired) electrons. The Morgan fingerprint density at radius 2 is 1.79 bits per heavy atom. The number of hydrogen-bond donors (Lipinski definition) is 0. The van der Waals surface area contributed by atoms with Crippen LogP contribution >= 0.6 is 0 Å². The number of anilines is 2. The molecule has 2 unspecified atom stereocenters. The Labute approximate surface area is 229 Å². The quantitative estimate of drug-likeness (QED) is 0.396. The third-order valence-electron chi connectivity index (χ3n) is 8.25. The van der Waals surface area contributed by atoms with Gasteiger partial charge in [0.1, 0.15) is 19.0 Å². The highest BCUT2D eigenvalue weighted by molar-refractivity contribution is 6.10. The number of halogens is 1. The van der Waals surface area contributed by atoms with Crippen LogP contribution in [-0.2, 0) is 0 Å². The van der Waals surface area contributed by atoms with E-state index in [1.165, 1.54) is 31.7 Å². The first-order valence-electron chi connectivity index (χ1n) is 14.1. The predicted molar refractivity (Wildman–Crippen MR) is 149 cm³/mol. The molecule has 7 nitrogen and oxygen atoms in total. The smallest absolute Gasteiger partial charge is 0.262 e. The summed E-state index contributed by atoms with van der Waals surface area (Å²) >= 11 is 0. The van der Waals surface area contributed by atoms with Gasteiger partial charge in [-0.15, -0.1) is 0 Å². The second-order valence-corrected chi connectivity index (χ2v) is 11.0. The van der Waals surface area contributed by atoms with Crippen molar-refractivity contribution in [3.8, 4) is 22.8 Å². The van der Waals surface area contributed by atoms with E-state index in [1.54, 1.807) is 29.3 Å². The molecule has 1 saturated carbocycles. The molecule has 0 spiro atoms. The van der Waals surface area contributed by atoms with Gasteiger partial charge in [-0.05, 0) is 62.8 Å². The van der Waals surface area contributed by atoms with Crippen LogP contribution in [-0.4, -0.2) is 48.2 Å². The van der Waals surface area contributed by atoms with E-state index in [-0.39, 0.29) is 17.5 Å². The van der Waals surface area contributed by atoms with Crippen molar-refractivity contribution in [3.05, 3.63) is 60.0 Å². The molecule has 2 aliphatic heterocycles. The molecule has 0 bridgehead atoms. The lowest BCUT2D eigenvalue weighted by Gasteiger charge is -2.41. The molecule has 2 aromatic carbocycles. The van der Waals surface area contributed by atoms with Crippen molar-refractivity contribution in [2.45, 2.75) is 52.0 Å². The largest absolute Gasteiger partial charge is 0.486 e. The summed E-state index contributed by atoms with van der Waals surface area (Å²) < 4.78 is 26.6. The van der Waals surface area contributed by atoms with E-state index in [0.717, 1.165) is 25.4 Å². The topological polar surface area (TPSA) is 67.8 Å². The predicted octanol–water partition coefficient (Wildman–Crippen LogP) is 6.13. The Balaban J connectivity index is 1.38. The minimum absolute atomic E-state index is 0.182. The third-order valence-corrected chi connectivity index (χ3v) is 8.25. The highest BCUT2D eigenvalue weighted by atomic mass is 19.1. The lowest BCUT2D eigenvalue weighted by molar-refractivity contribution is 0.0980. The molecule has 0 N–H and O–H groups in total. The van der Waals surface area contributed by atoms with E-state index in [0.29, 0.717) is 53.5 Å². The van der Waals surface area contributed by atoms with Crippen LogP contribution in [0.15, 0.2) is 48.7 Å². The van der Waals surface area contributed by atoms with Crippen molar-refractivity contribution in [3.63, 3.8) is 0 Å². The summed E-state index contributed by atoms with van der Waals surface area (Å²) in [6.07, 6.45) is 7.83. The van der Waals surface area contributed by atoms with E-state index in [2.05, 4.69) is 9.88 Å². The molecule has 3 heterocycles. The number of carbonyl (C=O) groups excluding carboxylic acids is 1. The van der Waals surface area contributed by atoms with Crippen LogP contribution < -0.4 is 19.3 Å². The van der Waals surface area contributed by atoms with Gasteiger partial charge in [-0.2, -0.15) is 0 Å². The molecule has 1 amide bonds. The van der Waals surface area contributed by atoms with Gasteiger partial charge in [-0.1, -0.05) is 31.4 Å². The Morgan fingerprint density at radius 3 is 2.59 bits per heavy atom. The van der Waals surface area contributed by atoms with Crippen LogP contribution in [0.4, 0.5) is 16.0 Å². The van der Waals surface area contributed by atoms with Gasteiger partial charge >= 0.3 is 0 Å². The lowest BCUT2D eigenvalue weighted by Crippen LogP contribution is -2.42. The summed E-state index contributed by atoms with van der Waals surface area (Å²) in [5.74, 6) is 2.51. The summed E-state index contributed by atoms with van der Waals surface area (Å²) in [7, 11) is 0. The first-order chi connectivity index (χ1) is 19.0. The second-order valence-electron chi connectivity index (χ2n) is 11.0. The summed E-state index contributed by atoms with van der Waals surface area (Å²) in [6.45, 7) is 6.62. The molecule has 1 aliphatic carbocycles. The number of ether oxygens (including phenoxy) is 2. The number of fused-ring (bicyclic) bond motifs is 2. The molecule has 6 rings (SSSR count). The zero-order valence-electron chi connectivity index (χ0n) is 22.6. The van der Waals surface area contributed by atoms with Crippen LogP contribution in [0.5, 0.6) is 11.5 Å². The zero-order chi connectivity index (χ0) is 26.9. The van der Waals surface area contributed by atoms with Crippen LogP contribution in [0, 0.1) is 17.7 Å². The minimum Gasteiger partial charge on any atom is -0.486 e. The molecule has 8 heteroatoms. The Kier molecular flexibility index (Phi) is 7.11. The number of amides is 1. The van der Waals surface area contributed by atoms with E-state index < -0.39 is 5.82 Å². The number of aromatic nitrogens is 2. The van der Waals surface area contributed by atoms with Crippen LogP contribution in [0.3, 0.4) is 0 Å². The molecule has 3 aromatic rings. The van der Waals surface area contributed by atoms with E-state index in [9.17, 15) is 4.79 Å². The molecule has 39 heavy (non-hydrogen) atoms. The molecule has 3 aliphatic rings. The molecular weight excluding hydrogens is 495 g/mol.